The molecule has 2 aromatic carbocycles. The summed E-state index contributed by atoms with van der Waals surface area (Å²) in [5.74, 6) is -0.505. The third-order valence-corrected chi connectivity index (χ3v) is 4.23. The fourth-order valence-corrected chi connectivity index (χ4v) is 2.86. The van der Waals surface area contributed by atoms with Crippen molar-refractivity contribution < 1.29 is 14.6 Å². The van der Waals surface area contributed by atoms with E-state index in [0.29, 0.717) is 18.8 Å². The molecule has 1 aliphatic heterocycles. The second-order valence-corrected chi connectivity index (χ2v) is 5.96. The molecule has 140 valence electrons. The van der Waals surface area contributed by atoms with Gasteiger partial charge in [-0.25, -0.2) is 0 Å². The number of non-ortho nitro benzene ring substituents is 1. The van der Waals surface area contributed by atoms with Crippen LogP contribution in [0.15, 0.2) is 42.5 Å². The van der Waals surface area contributed by atoms with E-state index in [2.05, 4.69) is 10.6 Å². The highest BCUT2D eigenvalue weighted by Crippen LogP contribution is 2.31. The zero-order valence-electron chi connectivity index (χ0n) is 14.3. The molecule has 1 heterocycles. The molecular weight excluding hydrogens is 354 g/mol. The first kappa shape index (κ1) is 18.3. The van der Waals surface area contributed by atoms with Gasteiger partial charge in [0.15, 0.2) is 0 Å². The number of anilines is 2. The van der Waals surface area contributed by atoms with Crippen molar-refractivity contribution in [3.05, 3.63) is 68.3 Å². The number of carbonyl (C=O) groups excluding carboxylic acids is 1. The molecule has 0 spiro atoms. The molecular formula is C17H17N5O5. The standard InChI is InChI=1S/C17H17N5O5/c23-17(12-1-4-14(5-2-12)21(24)25)19-13-3-6-15(16(11-13)22(26)27)20-9-7-18-8-10-20/h1-6,11,18H,7-10H2,(H,19,23). The summed E-state index contributed by atoms with van der Waals surface area (Å²) in [5.41, 5.74) is 0.800. The van der Waals surface area contributed by atoms with Crippen LogP contribution in [0.5, 0.6) is 0 Å². The molecule has 0 bridgehead atoms. The molecule has 27 heavy (non-hydrogen) atoms. The monoisotopic (exact) mass is 371 g/mol. The van der Waals surface area contributed by atoms with Gasteiger partial charge in [-0.3, -0.25) is 25.0 Å². The molecule has 1 aliphatic rings. The molecule has 10 nitrogen and oxygen atoms in total. The van der Waals surface area contributed by atoms with Gasteiger partial charge in [-0.2, -0.15) is 0 Å². The lowest BCUT2D eigenvalue weighted by atomic mass is 10.1. The summed E-state index contributed by atoms with van der Waals surface area (Å²) in [5, 5.41) is 27.9. The van der Waals surface area contributed by atoms with Gasteiger partial charge in [0.25, 0.3) is 17.3 Å². The Balaban J connectivity index is 1.80. The number of carbonyl (C=O) groups is 1. The fourth-order valence-electron chi connectivity index (χ4n) is 2.86. The summed E-state index contributed by atoms with van der Waals surface area (Å²) < 4.78 is 0. The number of amides is 1. The minimum absolute atomic E-state index is 0.0848. The van der Waals surface area contributed by atoms with Gasteiger partial charge in [0.1, 0.15) is 5.69 Å². The normalized spacial score (nSPS) is 13.9. The highest BCUT2D eigenvalue weighted by molar-refractivity contribution is 6.04. The number of piperazine rings is 1. The van der Waals surface area contributed by atoms with Crippen LogP contribution in [0.2, 0.25) is 0 Å². The quantitative estimate of drug-likeness (QED) is 0.608. The van der Waals surface area contributed by atoms with Crippen LogP contribution in [0.3, 0.4) is 0 Å². The van der Waals surface area contributed by atoms with E-state index >= 15 is 0 Å². The minimum Gasteiger partial charge on any atom is -0.363 e. The number of nitrogens with zero attached hydrogens (tertiary/aromatic N) is 3. The van der Waals surface area contributed by atoms with Crippen molar-refractivity contribution in [2.75, 3.05) is 36.4 Å². The third-order valence-electron chi connectivity index (χ3n) is 4.23. The van der Waals surface area contributed by atoms with E-state index in [1.165, 1.54) is 30.3 Å². The summed E-state index contributed by atoms with van der Waals surface area (Å²) in [6.07, 6.45) is 0. The lowest BCUT2D eigenvalue weighted by Crippen LogP contribution is -2.43. The van der Waals surface area contributed by atoms with E-state index in [1.54, 1.807) is 12.1 Å². The van der Waals surface area contributed by atoms with Crippen molar-refractivity contribution in [3.63, 3.8) is 0 Å². The Morgan fingerprint density at radius 1 is 1.00 bits per heavy atom. The molecule has 10 heteroatoms. The van der Waals surface area contributed by atoms with Crippen LogP contribution in [0.4, 0.5) is 22.7 Å². The summed E-state index contributed by atoms with van der Waals surface area (Å²) in [6, 6.07) is 9.66. The van der Waals surface area contributed by atoms with Gasteiger partial charge in [-0.1, -0.05) is 0 Å². The van der Waals surface area contributed by atoms with Crippen LogP contribution in [0.1, 0.15) is 10.4 Å². The van der Waals surface area contributed by atoms with E-state index in [9.17, 15) is 25.0 Å². The maximum atomic E-state index is 12.3. The number of nitro benzene ring substituents is 2. The number of rotatable bonds is 5. The topological polar surface area (TPSA) is 131 Å². The Bertz CT molecular complexity index is 878. The van der Waals surface area contributed by atoms with Crippen LogP contribution < -0.4 is 15.5 Å². The van der Waals surface area contributed by atoms with Crippen molar-refractivity contribution in [1.29, 1.82) is 0 Å². The van der Waals surface area contributed by atoms with E-state index in [-0.39, 0.29) is 22.6 Å². The number of nitrogens with one attached hydrogen (secondary N) is 2. The van der Waals surface area contributed by atoms with Gasteiger partial charge in [0.2, 0.25) is 0 Å². The summed E-state index contributed by atoms with van der Waals surface area (Å²) in [6.45, 7) is 2.82. The number of nitro groups is 2. The highest BCUT2D eigenvalue weighted by atomic mass is 16.6. The molecule has 0 aromatic heterocycles. The van der Waals surface area contributed by atoms with E-state index < -0.39 is 15.8 Å². The lowest BCUT2D eigenvalue weighted by Gasteiger charge is -2.29. The minimum atomic E-state index is -0.556. The molecule has 0 saturated carbocycles. The van der Waals surface area contributed by atoms with Crippen LogP contribution in [-0.2, 0) is 0 Å². The molecule has 2 N–H and O–H groups in total. The Morgan fingerprint density at radius 2 is 1.67 bits per heavy atom. The predicted octanol–water partition coefficient (Wildman–Crippen LogP) is 2.16. The van der Waals surface area contributed by atoms with Gasteiger partial charge < -0.3 is 15.5 Å². The van der Waals surface area contributed by atoms with Crippen molar-refractivity contribution in [1.82, 2.24) is 5.32 Å². The van der Waals surface area contributed by atoms with Gasteiger partial charge in [-0.15, -0.1) is 0 Å². The van der Waals surface area contributed by atoms with Crippen molar-refractivity contribution >= 4 is 28.7 Å². The lowest BCUT2D eigenvalue weighted by molar-refractivity contribution is -0.384. The molecule has 0 radical (unpaired) electrons. The first-order chi connectivity index (χ1) is 13.0. The second kappa shape index (κ2) is 7.79. The summed E-state index contributed by atoms with van der Waals surface area (Å²) in [7, 11) is 0. The number of hydrogen-bond acceptors (Lipinski definition) is 7. The van der Waals surface area contributed by atoms with Gasteiger partial charge in [-0.05, 0) is 24.3 Å². The molecule has 3 rings (SSSR count). The van der Waals surface area contributed by atoms with Crippen molar-refractivity contribution in [3.8, 4) is 0 Å². The number of hydrogen-bond donors (Lipinski definition) is 2. The average molecular weight is 371 g/mol. The molecule has 0 unspecified atom stereocenters. The maximum Gasteiger partial charge on any atom is 0.294 e. The smallest absolute Gasteiger partial charge is 0.294 e. The number of benzene rings is 2. The molecule has 1 fully saturated rings. The zero-order chi connectivity index (χ0) is 19.4. The largest absolute Gasteiger partial charge is 0.363 e. The molecule has 1 saturated heterocycles. The van der Waals surface area contributed by atoms with Crippen LogP contribution >= 0.6 is 0 Å². The molecule has 0 atom stereocenters. The van der Waals surface area contributed by atoms with E-state index in [1.807, 2.05) is 4.90 Å². The SMILES string of the molecule is O=C(Nc1ccc(N2CCNCC2)c([N+](=O)[O-])c1)c1ccc([N+](=O)[O-])cc1. The van der Waals surface area contributed by atoms with Crippen LogP contribution in [0, 0.1) is 20.2 Å². The molecule has 2 aromatic rings. The molecule has 0 aliphatic carbocycles. The average Bonchev–Trinajstić information content (AvgIpc) is 2.68. The third kappa shape index (κ3) is 4.18. The summed E-state index contributed by atoms with van der Waals surface area (Å²) in [4.78, 5) is 35.3. The van der Waals surface area contributed by atoms with Gasteiger partial charge in [0, 0.05) is 55.6 Å². The van der Waals surface area contributed by atoms with E-state index in [4.69, 9.17) is 0 Å². The van der Waals surface area contributed by atoms with Gasteiger partial charge in [0.05, 0.1) is 9.85 Å². The molecule has 1 amide bonds. The van der Waals surface area contributed by atoms with Gasteiger partial charge >= 0.3 is 0 Å². The fraction of sp³-hybridized carbons (Fsp3) is 0.235. The second-order valence-electron chi connectivity index (χ2n) is 5.96. The maximum absolute atomic E-state index is 12.3. The van der Waals surface area contributed by atoms with Crippen LogP contribution in [-0.4, -0.2) is 41.9 Å². The van der Waals surface area contributed by atoms with Crippen molar-refractivity contribution in [2.45, 2.75) is 0 Å². The summed E-state index contributed by atoms with van der Waals surface area (Å²) >= 11 is 0. The van der Waals surface area contributed by atoms with Crippen LogP contribution in [0.25, 0.3) is 0 Å². The van der Waals surface area contributed by atoms with Crippen molar-refractivity contribution in [2.24, 2.45) is 0 Å². The Morgan fingerprint density at radius 3 is 2.26 bits per heavy atom. The first-order valence-corrected chi connectivity index (χ1v) is 8.25. The first-order valence-electron chi connectivity index (χ1n) is 8.25. The van der Waals surface area contributed by atoms with E-state index in [0.717, 1.165) is 13.1 Å². The Labute approximate surface area is 154 Å². The predicted molar refractivity (Wildman–Crippen MR) is 99.2 cm³/mol. The zero-order valence-corrected chi connectivity index (χ0v) is 14.3. The Kier molecular flexibility index (Phi) is 5.27. The Hall–Kier alpha value is -3.53. The highest BCUT2D eigenvalue weighted by Gasteiger charge is 2.22.